The van der Waals surface area contributed by atoms with E-state index in [2.05, 4.69) is 15.4 Å². The van der Waals surface area contributed by atoms with Gasteiger partial charge in [-0.1, -0.05) is 48.5 Å². The summed E-state index contributed by atoms with van der Waals surface area (Å²) in [5.41, 5.74) is 2.10. The first kappa shape index (κ1) is 19.1. The molecule has 1 aromatic heterocycles. The Bertz CT molecular complexity index is 1230. The largest absolute Gasteiger partial charge is 0.481 e. The molecule has 4 aromatic rings. The van der Waals surface area contributed by atoms with Gasteiger partial charge >= 0.3 is 11.9 Å². The van der Waals surface area contributed by atoms with Gasteiger partial charge in [0.2, 0.25) is 5.95 Å². The molecule has 0 atom stereocenters. The van der Waals surface area contributed by atoms with Crippen molar-refractivity contribution in [2.24, 2.45) is 0 Å². The molecule has 3 N–H and O–H groups in total. The highest BCUT2D eigenvalue weighted by Crippen LogP contribution is 2.25. The van der Waals surface area contributed by atoms with E-state index in [1.807, 2.05) is 42.5 Å². The molecule has 0 unspecified atom stereocenters. The summed E-state index contributed by atoms with van der Waals surface area (Å²) in [4.78, 5) is 26.6. The van der Waals surface area contributed by atoms with Gasteiger partial charge in [-0.2, -0.15) is 4.98 Å². The highest BCUT2D eigenvalue weighted by atomic mass is 16.4. The second-order valence-corrected chi connectivity index (χ2v) is 6.76. The molecule has 0 spiro atoms. The van der Waals surface area contributed by atoms with Crippen molar-refractivity contribution in [3.63, 3.8) is 0 Å². The number of rotatable bonds is 7. The van der Waals surface area contributed by atoms with Crippen LogP contribution in [0, 0.1) is 0 Å². The lowest BCUT2D eigenvalue weighted by atomic mass is 10.1. The summed E-state index contributed by atoms with van der Waals surface area (Å²) in [6.07, 6.45) is -0.0577. The lowest BCUT2D eigenvalue weighted by Crippen LogP contribution is -2.11. The zero-order valence-corrected chi connectivity index (χ0v) is 15.8. The van der Waals surface area contributed by atoms with Crippen LogP contribution in [0.4, 0.5) is 11.6 Å². The summed E-state index contributed by atoms with van der Waals surface area (Å²) in [5.74, 6) is -1.23. The number of carboxylic acids is 2. The molecular weight excluding hydrogens is 384 g/mol. The van der Waals surface area contributed by atoms with Gasteiger partial charge in [0.1, 0.15) is 6.54 Å². The lowest BCUT2D eigenvalue weighted by molar-refractivity contribution is -0.138. The number of benzene rings is 3. The number of anilines is 2. The molecule has 0 bridgehead atoms. The van der Waals surface area contributed by atoms with Gasteiger partial charge in [0, 0.05) is 11.3 Å². The van der Waals surface area contributed by atoms with E-state index in [-0.39, 0.29) is 18.9 Å². The molecule has 0 aliphatic carbocycles. The minimum atomic E-state index is -1.02. The van der Waals surface area contributed by atoms with E-state index in [1.165, 1.54) is 4.68 Å². The maximum Gasteiger partial charge on any atom is 0.325 e. The number of nitrogens with one attached hydrogen (secondary N) is 1. The van der Waals surface area contributed by atoms with Crippen molar-refractivity contribution in [1.82, 2.24) is 14.8 Å². The zero-order chi connectivity index (χ0) is 21.1. The van der Waals surface area contributed by atoms with Gasteiger partial charge in [0.25, 0.3) is 0 Å². The van der Waals surface area contributed by atoms with Crippen LogP contribution in [-0.4, -0.2) is 36.9 Å². The third-order valence-electron chi connectivity index (χ3n) is 4.53. The maximum atomic E-state index is 11.3. The van der Waals surface area contributed by atoms with Gasteiger partial charge < -0.3 is 15.5 Å². The molecule has 0 saturated heterocycles. The van der Waals surface area contributed by atoms with Crippen LogP contribution in [0.25, 0.3) is 22.2 Å². The van der Waals surface area contributed by atoms with E-state index >= 15 is 0 Å². The molecule has 8 nitrogen and oxygen atoms in total. The minimum Gasteiger partial charge on any atom is -0.481 e. The van der Waals surface area contributed by atoms with Crippen LogP contribution in [0.5, 0.6) is 0 Å². The zero-order valence-electron chi connectivity index (χ0n) is 15.8. The van der Waals surface area contributed by atoms with Crippen LogP contribution in [0.3, 0.4) is 0 Å². The van der Waals surface area contributed by atoms with Gasteiger partial charge in [-0.05, 0) is 34.5 Å². The summed E-state index contributed by atoms with van der Waals surface area (Å²) in [6.45, 7) is -0.325. The Morgan fingerprint density at radius 3 is 2.33 bits per heavy atom. The average molecular weight is 402 g/mol. The maximum absolute atomic E-state index is 11.3. The first-order chi connectivity index (χ1) is 14.5. The highest BCUT2D eigenvalue weighted by molar-refractivity contribution is 5.86. The van der Waals surface area contributed by atoms with E-state index in [0.717, 1.165) is 16.3 Å². The van der Waals surface area contributed by atoms with Crippen molar-refractivity contribution in [2.75, 3.05) is 5.32 Å². The fourth-order valence-corrected chi connectivity index (χ4v) is 3.19. The van der Waals surface area contributed by atoms with Crippen molar-refractivity contribution in [1.29, 1.82) is 0 Å². The van der Waals surface area contributed by atoms with E-state index in [0.29, 0.717) is 17.1 Å². The highest BCUT2D eigenvalue weighted by Gasteiger charge is 2.15. The molecule has 150 valence electrons. The molecule has 0 aliphatic heterocycles. The van der Waals surface area contributed by atoms with Crippen LogP contribution >= 0.6 is 0 Å². The lowest BCUT2D eigenvalue weighted by Gasteiger charge is -2.04. The molecule has 0 aliphatic rings. The van der Waals surface area contributed by atoms with Crippen LogP contribution < -0.4 is 5.32 Å². The number of aromatic nitrogens is 3. The fraction of sp³-hybridized carbons (Fsp3) is 0.0909. The fourth-order valence-electron chi connectivity index (χ4n) is 3.19. The summed E-state index contributed by atoms with van der Waals surface area (Å²) in [5, 5.41) is 27.5. The topological polar surface area (TPSA) is 117 Å². The molecule has 0 amide bonds. The second-order valence-electron chi connectivity index (χ2n) is 6.76. The molecule has 0 radical (unpaired) electrons. The first-order valence-corrected chi connectivity index (χ1v) is 9.21. The van der Waals surface area contributed by atoms with E-state index in [1.54, 1.807) is 24.3 Å². The van der Waals surface area contributed by atoms with Crippen molar-refractivity contribution < 1.29 is 19.8 Å². The number of carboxylic acid groups (broad SMARTS) is 2. The van der Waals surface area contributed by atoms with Gasteiger partial charge in [-0.25, -0.2) is 4.68 Å². The van der Waals surface area contributed by atoms with Crippen molar-refractivity contribution in [2.45, 2.75) is 13.0 Å². The third-order valence-corrected chi connectivity index (χ3v) is 4.53. The second kappa shape index (κ2) is 8.04. The third kappa shape index (κ3) is 4.27. The van der Waals surface area contributed by atoms with Gasteiger partial charge in [-0.15, -0.1) is 5.10 Å². The Labute approximate surface area is 171 Å². The summed E-state index contributed by atoms with van der Waals surface area (Å²) in [7, 11) is 0. The van der Waals surface area contributed by atoms with Crippen molar-refractivity contribution >= 4 is 34.3 Å². The Kier molecular flexibility index (Phi) is 5.13. The molecule has 0 saturated carbocycles. The smallest absolute Gasteiger partial charge is 0.325 e. The SMILES string of the molecule is O=C(O)Cc1ccc(Nc2nc(-c3ccc4ccccc4c3)n(CC(=O)O)n2)cc1. The molecule has 0 fully saturated rings. The van der Waals surface area contributed by atoms with E-state index in [9.17, 15) is 14.7 Å². The Morgan fingerprint density at radius 2 is 1.63 bits per heavy atom. The van der Waals surface area contributed by atoms with Crippen LogP contribution in [-0.2, 0) is 22.6 Å². The summed E-state index contributed by atoms with van der Waals surface area (Å²) < 4.78 is 1.34. The van der Waals surface area contributed by atoms with Crippen molar-refractivity contribution in [3.05, 3.63) is 72.3 Å². The van der Waals surface area contributed by atoms with Gasteiger partial charge in [0.05, 0.1) is 6.42 Å². The quantitative estimate of drug-likeness (QED) is 0.433. The Hall–Kier alpha value is -4.20. The monoisotopic (exact) mass is 402 g/mol. The first-order valence-electron chi connectivity index (χ1n) is 9.21. The van der Waals surface area contributed by atoms with Gasteiger partial charge in [-0.3, -0.25) is 9.59 Å². The normalized spacial score (nSPS) is 10.8. The number of nitrogens with zero attached hydrogens (tertiary/aromatic N) is 3. The molecule has 30 heavy (non-hydrogen) atoms. The van der Waals surface area contributed by atoms with Gasteiger partial charge in [0.15, 0.2) is 5.82 Å². The summed E-state index contributed by atoms with van der Waals surface area (Å²) in [6, 6.07) is 20.5. The number of hydrogen-bond donors (Lipinski definition) is 3. The molecule has 4 rings (SSSR count). The standard InChI is InChI=1S/C22H18N4O4/c27-19(28)11-14-5-9-18(10-6-14)23-22-24-21(26(25-22)13-20(29)30)17-8-7-15-3-1-2-4-16(15)12-17/h1-10,12H,11,13H2,(H,23,25)(H,27,28)(H,29,30). The van der Waals surface area contributed by atoms with E-state index < -0.39 is 11.9 Å². The predicted molar refractivity (Wildman–Crippen MR) is 112 cm³/mol. The molecule has 8 heteroatoms. The Morgan fingerprint density at radius 1 is 0.900 bits per heavy atom. The average Bonchev–Trinajstić information content (AvgIpc) is 3.10. The summed E-state index contributed by atoms with van der Waals surface area (Å²) >= 11 is 0. The minimum absolute atomic E-state index is 0.0577. The molecule has 1 heterocycles. The van der Waals surface area contributed by atoms with Crippen LogP contribution in [0.1, 0.15) is 5.56 Å². The number of aliphatic carboxylic acids is 2. The number of carbonyl (C=O) groups is 2. The number of hydrogen-bond acceptors (Lipinski definition) is 5. The van der Waals surface area contributed by atoms with E-state index in [4.69, 9.17) is 5.11 Å². The number of fused-ring (bicyclic) bond motifs is 1. The predicted octanol–water partition coefficient (Wildman–Crippen LogP) is 3.55. The van der Waals surface area contributed by atoms with Crippen LogP contribution in [0.2, 0.25) is 0 Å². The van der Waals surface area contributed by atoms with Crippen molar-refractivity contribution in [3.8, 4) is 11.4 Å². The van der Waals surface area contributed by atoms with Crippen LogP contribution in [0.15, 0.2) is 66.7 Å². The Balaban J connectivity index is 1.65. The molecular formula is C22H18N4O4. The molecule has 3 aromatic carbocycles.